The van der Waals surface area contributed by atoms with Crippen LogP contribution >= 0.6 is 0 Å². The summed E-state index contributed by atoms with van der Waals surface area (Å²) < 4.78 is 0. The molecule has 3 amide bonds. The number of nitrogens with one attached hydrogen (secondary N) is 3. The SMILES string of the molecule is Nc1nc(CN2C(=O)N[C@@H](Cc3c[nH]c4ccccc34)C2=O)nc(Nc2ccccc2)n1. The van der Waals surface area contributed by atoms with Crippen LogP contribution in [0.2, 0.25) is 0 Å². The number of urea groups is 1. The predicted octanol–water partition coefficient (Wildman–Crippen LogP) is 2.34. The van der Waals surface area contributed by atoms with E-state index in [4.69, 9.17) is 5.73 Å². The molecule has 0 aliphatic carbocycles. The van der Waals surface area contributed by atoms with Crippen molar-refractivity contribution in [3.8, 4) is 0 Å². The van der Waals surface area contributed by atoms with Crippen molar-refractivity contribution in [2.24, 2.45) is 0 Å². The highest BCUT2D eigenvalue weighted by molar-refractivity contribution is 6.04. The summed E-state index contributed by atoms with van der Waals surface area (Å²) in [6.07, 6.45) is 2.24. The third-order valence-corrected chi connectivity index (χ3v) is 5.23. The minimum Gasteiger partial charge on any atom is -0.368 e. The van der Waals surface area contributed by atoms with Crippen molar-refractivity contribution in [1.29, 1.82) is 0 Å². The van der Waals surface area contributed by atoms with Crippen LogP contribution in [0.25, 0.3) is 10.9 Å². The number of hydrogen-bond donors (Lipinski definition) is 4. The van der Waals surface area contributed by atoms with Gasteiger partial charge in [-0.05, 0) is 23.8 Å². The van der Waals surface area contributed by atoms with E-state index in [2.05, 4.69) is 30.6 Å². The number of benzene rings is 2. The summed E-state index contributed by atoms with van der Waals surface area (Å²) in [4.78, 5) is 42.2. The molecule has 32 heavy (non-hydrogen) atoms. The van der Waals surface area contributed by atoms with Crippen molar-refractivity contribution in [2.45, 2.75) is 19.0 Å². The van der Waals surface area contributed by atoms with Gasteiger partial charge in [-0.1, -0.05) is 36.4 Å². The van der Waals surface area contributed by atoms with E-state index in [-0.39, 0.29) is 30.2 Å². The quantitative estimate of drug-likeness (QED) is 0.345. The number of nitrogens with two attached hydrogens (primary N) is 1. The van der Waals surface area contributed by atoms with Gasteiger partial charge in [-0.3, -0.25) is 9.69 Å². The molecule has 0 unspecified atom stereocenters. The molecule has 0 saturated carbocycles. The molecule has 1 saturated heterocycles. The fourth-order valence-electron chi connectivity index (χ4n) is 3.74. The van der Waals surface area contributed by atoms with Gasteiger partial charge in [0.15, 0.2) is 5.82 Å². The number of imide groups is 1. The van der Waals surface area contributed by atoms with Gasteiger partial charge in [-0.15, -0.1) is 0 Å². The molecule has 1 aliphatic rings. The largest absolute Gasteiger partial charge is 0.368 e. The lowest BCUT2D eigenvalue weighted by Gasteiger charge is -2.13. The van der Waals surface area contributed by atoms with Gasteiger partial charge in [0.2, 0.25) is 11.9 Å². The molecule has 5 rings (SSSR count). The van der Waals surface area contributed by atoms with Gasteiger partial charge in [0.1, 0.15) is 6.04 Å². The molecule has 160 valence electrons. The molecule has 1 atom stereocenters. The van der Waals surface area contributed by atoms with E-state index in [1.807, 2.05) is 60.8 Å². The number of fused-ring (bicyclic) bond motifs is 1. The van der Waals surface area contributed by atoms with E-state index < -0.39 is 12.1 Å². The first-order valence-corrected chi connectivity index (χ1v) is 10.1. The second-order valence-electron chi connectivity index (χ2n) is 7.41. The zero-order chi connectivity index (χ0) is 22.1. The average molecular weight is 428 g/mol. The minimum atomic E-state index is -0.664. The second-order valence-corrected chi connectivity index (χ2v) is 7.41. The van der Waals surface area contributed by atoms with Gasteiger partial charge in [-0.2, -0.15) is 15.0 Å². The molecule has 5 N–H and O–H groups in total. The molecule has 4 aromatic rings. The van der Waals surface area contributed by atoms with Crippen LogP contribution in [0.1, 0.15) is 11.4 Å². The zero-order valence-electron chi connectivity index (χ0n) is 16.9. The Morgan fingerprint density at radius 2 is 1.78 bits per heavy atom. The third-order valence-electron chi connectivity index (χ3n) is 5.23. The molecular weight excluding hydrogens is 408 g/mol. The molecule has 2 aromatic heterocycles. The molecule has 0 radical (unpaired) electrons. The van der Waals surface area contributed by atoms with Crippen LogP contribution in [0, 0.1) is 0 Å². The van der Waals surface area contributed by atoms with Crippen LogP contribution in [0.15, 0.2) is 60.8 Å². The number of nitrogens with zero attached hydrogens (tertiary/aromatic N) is 4. The zero-order valence-corrected chi connectivity index (χ0v) is 16.9. The number of rotatable bonds is 6. The monoisotopic (exact) mass is 428 g/mol. The maximum Gasteiger partial charge on any atom is 0.325 e. The van der Waals surface area contributed by atoms with Crippen LogP contribution in [0.5, 0.6) is 0 Å². The fraction of sp³-hybridized carbons (Fsp3) is 0.136. The average Bonchev–Trinajstić information content (AvgIpc) is 3.30. The first-order valence-electron chi connectivity index (χ1n) is 10.1. The number of nitrogen functional groups attached to an aromatic ring is 1. The van der Waals surface area contributed by atoms with E-state index in [0.717, 1.165) is 27.1 Å². The Kier molecular flexibility index (Phi) is 4.86. The lowest BCUT2D eigenvalue weighted by molar-refractivity contribution is -0.127. The van der Waals surface area contributed by atoms with E-state index in [1.165, 1.54) is 0 Å². The maximum absolute atomic E-state index is 13.0. The minimum absolute atomic E-state index is 0.00386. The molecule has 0 spiro atoms. The van der Waals surface area contributed by atoms with Gasteiger partial charge in [0, 0.05) is 29.2 Å². The summed E-state index contributed by atoms with van der Waals surface area (Å²) in [7, 11) is 0. The van der Waals surface area contributed by atoms with Crippen molar-refractivity contribution < 1.29 is 9.59 Å². The molecule has 0 bridgehead atoms. The lowest BCUT2D eigenvalue weighted by atomic mass is 10.1. The van der Waals surface area contributed by atoms with E-state index >= 15 is 0 Å². The number of amides is 3. The van der Waals surface area contributed by atoms with Crippen LogP contribution in [-0.4, -0.2) is 42.8 Å². The van der Waals surface area contributed by atoms with Crippen LogP contribution < -0.4 is 16.4 Å². The van der Waals surface area contributed by atoms with Gasteiger partial charge < -0.3 is 21.4 Å². The Morgan fingerprint density at radius 3 is 2.62 bits per heavy atom. The molecule has 10 heteroatoms. The Labute approximate surface area is 182 Å². The van der Waals surface area contributed by atoms with Gasteiger partial charge >= 0.3 is 6.03 Å². The highest BCUT2D eigenvalue weighted by Crippen LogP contribution is 2.22. The number of hydrogen-bond acceptors (Lipinski definition) is 7. The summed E-state index contributed by atoms with van der Waals surface area (Å²) in [5.74, 6) is 0.112. The Bertz CT molecular complexity index is 1300. The van der Waals surface area contributed by atoms with Crippen molar-refractivity contribution in [3.63, 3.8) is 0 Å². The summed E-state index contributed by atoms with van der Waals surface area (Å²) in [5.41, 5.74) is 8.53. The first-order chi connectivity index (χ1) is 15.6. The lowest BCUT2D eigenvalue weighted by Crippen LogP contribution is -2.32. The van der Waals surface area contributed by atoms with Gasteiger partial charge in [-0.25, -0.2) is 4.79 Å². The Hall–Kier alpha value is -4.47. The van der Waals surface area contributed by atoms with E-state index in [1.54, 1.807) is 0 Å². The number of carbonyl (C=O) groups excluding carboxylic acids is 2. The van der Waals surface area contributed by atoms with Crippen molar-refractivity contribution in [2.75, 3.05) is 11.1 Å². The number of para-hydroxylation sites is 2. The molecule has 1 fully saturated rings. The van der Waals surface area contributed by atoms with Gasteiger partial charge in [0.05, 0.1) is 6.54 Å². The number of H-pyrrole nitrogens is 1. The third kappa shape index (κ3) is 3.81. The molecule has 10 nitrogen and oxygen atoms in total. The van der Waals surface area contributed by atoms with Crippen molar-refractivity contribution in [3.05, 3.63) is 72.2 Å². The number of aromatic amines is 1. The fourth-order valence-corrected chi connectivity index (χ4v) is 3.74. The topological polar surface area (TPSA) is 142 Å². The highest BCUT2D eigenvalue weighted by atomic mass is 16.2. The number of aromatic nitrogens is 4. The van der Waals surface area contributed by atoms with Crippen molar-refractivity contribution in [1.82, 2.24) is 30.2 Å². The Balaban J connectivity index is 1.32. The van der Waals surface area contributed by atoms with Crippen molar-refractivity contribution >= 4 is 40.4 Å². The highest BCUT2D eigenvalue weighted by Gasteiger charge is 2.38. The van der Waals surface area contributed by atoms with Crippen LogP contribution in [0.4, 0.5) is 22.4 Å². The Morgan fingerprint density at radius 1 is 1.00 bits per heavy atom. The molecule has 2 aromatic carbocycles. The molecular formula is C22H20N8O2. The summed E-state index contributed by atoms with van der Waals surface area (Å²) >= 11 is 0. The molecule has 1 aliphatic heterocycles. The standard InChI is InChI=1S/C22H20N8O2/c23-20-27-18(28-21(29-20)25-14-6-2-1-3-7-14)12-30-19(31)17(26-22(30)32)10-13-11-24-16-9-5-4-8-15(13)16/h1-9,11,17,24H,10,12H2,(H,26,32)(H3,23,25,27,28,29)/t17-/m0/s1. The van der Waals surface area contributed by atoms with Crippen LogP contribution in [0.3, 0.4) is 0 Å². The number of anilines is 3. The molecule has 3 heterocycles. The van der Waals surface area contributed by atoms with E-state index in [9.17, 15) is 9.59 Å². The first kappa shape index (κ1) is 19.5. The number of carbonyl (C=O) groups is 2. The van der Waals surface area contributed by atoms with E-state index in [0.29, 0.717) is 6.42 Å². The second kappa shape index (κ2) is 7.99. The smallest absolute Gasteiger partial charge is 0.325 e. The summed E-state index contributed by atoms with van der Waals surface area (Å²) in [6.45, 7) is -0.106. The van der Waals surface area contributed by atoms with Gasteiger partial charge in [0.25, 0.3) is 5.91 Å². The summed E-state index contributed by atoms with van der Waals surface area (Å²) in [5, 5.41) is 6.81. The maximum atomic E-state index is 13.0. The predicted molar refractivity (Wildman–Crippen MR) is 119 cm³/mol. The summed E-state index contributed by atoms with van der Waals surface area (Å²) in [6, 6.07) is 16.0. The van der Waals surface area contributed by atoms with Crippen LogP contribution in [-0.2, 0) is 17.8 Å². The normalized spacial score (nSPS) is 15.9.